The molecule has 0 saturated carbocycles. The summed E-state index contributed by atoms with van der Waals surface area (Å²) in [6.45, 7) is 5.98. The SMILES string of the molecule is CC(C(=O)N1C(C)CCCC1C)N1CCC(O)(C(F)(F)F)CC1. The van der Waals surface area contributed by atoms with Gasteiger partial charge < -0.3 is 10.0 Å². The van der Waals surface area contributed by atoms with Crippen molar-refractivity contribution in [1.29, 1.82) is 0 Å². The minimum Gasteiger partial charge on any atom is -0.380 e. The van der Waals surface area contributed by atoms with Gasteiger partial charge in [-0.05, 0) is 52.9 Å². The number of carbonyl (C=O) groups excluding carboxylic acids is 1. The second-order valence-electron chi connectivity index (χ2n) is 7.12. The number of hydrogen-bond donors (Lipinski definition) is 1. The highest BCUT2D eigenvalue weighted by Gasteiger charge is 2.55. The molecule has 0 aromatic rings. The summed E-state index contributed by atoms with van der Waals surface area (Å²) in [4.78, 5) is 16.4. The average Bonchev–Trinajstić information content (AvgIpc) is 2.46. The third kappa shape index (κ3) is 3.65. The summed E-state index contributed by atoms with van der Waals surface area (Å²) in [6.07, 6.45) is -2.32. The number of halogens is 3. The Morgan fingerprint density at radius 3 is 2.09 bits per heavy atom. The summed E-state index contributed by atoms with van der Waals surface area (Å²) >= 11 is 0. The molecular weight excluding hydrogens is 309 g/mol. The van der Waals surface area contributed by atoms with E-state index in [0.717, 1.165) is 19.3 Å². The first kappa shape index (κ1) is 18.5. The second kappa shape index (κ2) is 6.59. The van der Waals surface area contributed by atoms with Crippen molar-refractivity contribution < 1.29 is 23.1 Å². The fourth-order valence-corrected chi connectivity index (χ4v) is 3.79. The lowest BCUT2D eigenvalue weighted by molar-refractivity contribution is -0.273. The fraction of sp³-hybridized carbons (Fsp3) is 0.938. The maximum absolute atomic E-state index is 12.9. The average molecular weight is 336 g/mol. The van der Waals surface area contributed by atoms with Gasteiger partial charge in [0.2, 0.25) is 5.91 Å². The molecule has 2 rings (SSSR count). The molecule has 2 aliphatic rings. The van der Waals surface area contributed by atoms with Crippen LogP contribution in [0.4, 0.5) is 13.2 Å². The van der Waals surface area contributed by atoms with E-state index in [1.165, 1.54) is 0 Å². The van der Waals surface area contributed by atoms with Crippen LogP contribution in [0.3, 0.4) is 0 Å². The largest absolute Gasteiger partial charge is 0.417 e. The van der Waals surface area contributed by atoms with Crippen molar-refractivity contribution in [1.82, 2.24) is 9.80 Å². The molecule has 0 spiro atoms. The zero-order chi connectivity index (χ0) is 17.4. The maximum atomic E-state index is 12.9. The predicted molar refractivity (Wildman–Crippen MR) is 80.9 cm³/mol. The van der Waals surface area contributed by atoms with Crippen molar-refractivity contribution in [3.05, 3.63) is 0 Å². The van der Waals surface area contributed by atoms with Crippen LogP contribution in [0.25, 0.3) is 0 Å². The number of carbonyl (C=O) groups is 1. The monoisotopic (exact) mass is 336 g/mol. The fourth-order valence-electron chi connectivity index (χ4n) is 3.79. The van der Waals surface area contributed by atoms with Gasteiger partial charge in [0.1, 0.15) is 0 Å². The molecule has 2 aliphatic heterocycles. The van der Waals surface area contributed by atoms with Gasteiger partial charge in [-0.3, -0.25) is 9.69 Å². The van der Waals surface area contributed by atoms with E-state index in [0.29, 0.717) is 0 Å². The van der Waals surface area contributed by atoms with Crippen molar-refractivity contribution in [2.24, 2.45) is 0 Å². The van der Waals surface area contributed by atoms with Crippen molar-refractivity contribution >= 4 is 5.91 Å². The van der Waals surface area contributed by atoms with Gasteiger partial charge in [0.15, 0.2) is 5.60 Å². The molecule has 23 heavy (non-hydrogen) atoms. The zero-order valence-corrected chi connectivity index (χ0v) is 14.1. The Bertz CT molecular complexity index is 424. The lowest BCUT2D eigenvalue weighted by Crippen LogP contribution is -2.59. The van der Waals surface area contributed by atoms with Gasteiger partial charge >= 0.3 is 6.18 Å². The third-order valence-corrected chi connectivity index (χ3v) is 5.51. The smallest absolute Gasteiger partial charge is 0.380 e. The predicted octanol–water partition coefficient (Wildman–Crippen LogP) is 2.55. The molecule has 3 atom stereocenters. The van der Waals surface area contributed by atoms with Gasteiger partial charge in [0.25, 0.3) is 0 Å². The van der Waals surface area contributed by atoms with Crippen LogP contribution < -0.4 is 0 Å². The first-order valence-corrected chi connectivity index (χ1v) is 8.42. The first-order valence-electron chi connectivity index (χ1n) is 8.42. The Balaban J connectivity index is 1.99. The Morgan fingerprint density at radius 1 is 1.17 bits per heavy atom. The number of aliphatic hydroxyl groups is 1. The van der Waals surface area contributed by atoms with Gasteiger partial charge in [0, 0.05) is 25.2 Å². The number of rotatable bonds is 2. The topological polar surface area (TPSA) is 43.8 Å². The van der Waals surface area contributed by atoms with Gasteiger partial charge in [-0.1, -0.05) is 0 Å². The number of nitrogens with zero attached hydrogens (tertiary/aromatic N) is 2. The van der Waals surface area contributed by atoms with E-state index < -0.39 is 17.8 Å². The minimum absolute atomic E-state index is 0.0119. The summed E-state index contributed by atoms with van der Waals surface area (Å²) in [5.74, 6) is -0.0119. The second-order valence-corrected chi connectivity index (χ2v) is 7.12. The van der Waals surface area contributed by atoms with Crippen molar-refractivity contribution in [2.75, 3.05) is 13.1 Å². The van der Waals surface area contributed by atoms with Gasteiger partial charge in [-0.25, -0.2) is 0 Å². The molecule has 7 heteroatoms. The van der Waals surface area contributed by atoms with E-state index in [1.54, 1.807) is 11.8 Å². The number of alkyl halides is 3. The molecular formula is C16H27F3N2O2. The number of hydrogen-bond acceptors (Lipinski definition) is 3. The number of likely N-dealkylation sites (tertiary alicyclic amines) is 2. The van der Waals surface area contributed by atoms with Crippen LogP contribution >= 0.6 is 0 Å². The maximum Gasteiger partial charge on any atom is 0.417 e. The molecule has 1 N–H and O–H groups in total. The summed E-state index contributed by atoms with van der Waals surface area (Å²) < 4.78 is 38.6. The van der Waals surface area contributed by atoms with Crippen LogP contribution in [0.1, 0.15) is 52.9 Å². The Kier molecular flexibility index (Phi) is 5.31. The van der Waals surface area contributed by atoms with Crippen LogP contribution in [-0.2, 0) is 4.79 Å². The highest BCUT2D eigenvalue weighted by molar-refractivity contribution is 5.82. The first-order chi connectivity index (χ1) is 10.6. The standard InChI is InChI=1S/C16H27F3N2O2/c1-11-5-4-6-12(2)21(11)14(22)13(3)20-9-7-15(23,8-10-20)16(17,18)19/h11-13,23H,4-10H2,1-3H3. The molecule has 134 valence electrons. The van der Waals surface area contributed by atoms with E-state index in [2.05, 4.69) is 0 Å². The van der Waals surface area contributed by atoms with Crippen LogP contribution in [-0.4, -0.2) is 63.8 Å². The summed E-state index contributed by atoms with van der Waals surface area (Å²) in [5, 5.41) is 9.73. The van der Waals surface area contributed by atoms with Crippen molar-refractivity contribution in [2.45, 2.75) is 82.8 Å². The molecule has 2 fully saturated rings. The minimum atomic E-state index is -4.61. The normalized spacial score (nSPS) is 31.0. The van der Waals surface area contributed by atoms with Crippen LogP contribution in [0.5, 0.6) is 0 Å². The molecule has 0 bridgehead atoms. The van der Waals surface area contributed by atoms with E-state index >= 15 is 0 Å². The lowest BCUT2D eigenvalue weighted by atomic mass is 9.89. The van der Waals surface area contributed by atoms with E-state index in [9.17, 15) is 23.1 Å². The molecule has 3 unspecified atom stereocenters. The molecule has 4 nitrogen and oxygen atoms in total. The van der Waals surface area contributed by atoms with Gasteiger partial charge in [0.05, 0.1) is 6.04 Å². The van der Waals surface area contributed by atoms with E-state index in [1.807, 2.05) is 18.7 Å². The van der Waals surface area contributed by atoms with Gasteiger partial charge in [-0.15, -0.1) is 0 Å². The third-order valence-electron chi connectivity index (χ3n) is 5.51. The highest BCUT2D eigenvalue weighted by atomic mass is 19.4. The summed E-state index contributed by atoms with van der Waals surface area (Å²) in [7, 11) is 0. The lowest BCUT2D eigenvalue weighted by Gasteiger charge is -2.45. The van der Waals surface area contributed by atoms with Crippen molar-refractivity contribution in [3.8, 4) is 0 Å². The molecule has 0 aliphatic carbocycles. The zero-order valence-electron chi connectivity index (χ0n) is 14.1. The molecule has 2 saturated heterocycles. The molecule has 0 aromatic carbocycles. The Morgan fingerprint density at radius 2 is 1.65 bits per heavy atom. The van der Waals surface area contributed by atoms with E-state index in [-0.39, 0.29) is 43.9 Å². The molecule has 1 amide bonds. The van der Waals surface area contributed by atoms with Crippen molar-refractivity contribution in [3.63, 3.8) is 0 Å². The Hall–Kier alpha value is -0.820. The molecule has 2 heterocycles. The van der Waals surface area contributed by atoms with Gasteiger partial charge in [-0.2, -0.15) is 13.2 Å². The quantitative estimate of drug-likeness (QED) is 0.843. The summed E-state index contributed by atoms with van der Waals surface area (Å²) in [5.41, 5.74) is -2.61. The molecule has 0 aromatic heterocycles. The Labute approximate surface area is 135 Å². The number of piperidine rings is 2. The van der Waals surface area contributed by atoms with E-state index in [4.69, 9.17) is 0 Å². The van der Waals surface area contributed by atoms with Crippen LogP contribution in [0, 0.1) is 0 Å². The van der Waals surface area contributed by atoms with Crippen LogP contribution in [0.2, 0.25) is 0 Å². The molecule has 0 radical (unpaired) electrons. The summed E-state index contributed by atoms with van der Waals surface area (Å²) in [6, 6.07) is -0.105. The number of amides is 1. The highest BCUT2D eigenvalue weighted by Crippen LogP contribution is 2.38. The van der Waals surface area contributed by atoms with Crippen LogP contribution in [0.15, 0.2) is 0 Å².